The summed E-state index contributed by atoms with van der Waals surface area (Å²) in [6.07, 6.45) is 5.72. The maximum atomic E-state index is 10.5. The van der Waals surface area contributed by atoms with Crippen molar-refractivity contribution < 1.29 is 5.11 Å². The fourth-order valence-electron chi connectivity index (χ4n) is 1.58. The Morgan fingerprint density at radius 2 is 2.23 bits per heavy atom. The van der Waals surface area contributed by atoms with Gasteiger partial charge in [-0.25, -0.2) is 0 Å². The number of nitroso groups, excluding NO2 is 1. The van der Waals surface area contributed by atoms with Crippen LogP contribution < -0.4 is 0 Å². The summed E-state index contributed by atoms with van der Waals surface area (Å²) in [5.74, 6) is -0.0414. The molecule has 0 heterocycles. The molecule has 3 heteroatoms. The molecule has 0 saturated heterocycles. The normalized spacial score (nSPS) is 13.8. The van der Waals surface area contributed by atoms with Crippen LogP contribution in [0.25, 0.3) is 6.08 Å². The molecule has 1 aromatic carbocycles. The first-order valence-corrected chi connectivity index (χ1v) is 4.17. The van der Waals surface area contributed by atoms with E-state index in [0.29, 0.717) is 0 Å². The second-order valence-corrected chi connectivity index (χ2v) is 3.04. The average Bonchev–Trinajstić information content (AvgIpc) is 2.18. The summed E-state index contributed by atoms with van der Waals surface area (Å²) in [5, 5.41) is 12.2. The van der Waals surface area contributed by atoms with E-state index in [2.05, 4.69) is 5.18 Å². The van der Waals surface area contributed by atoms with Crippen molar-refractivity contribution >= 4 is 11.8 Å². The Kier molecular flexibility index (Phi) is 1.85. The minimum atomic E-state index is -0.0414. The van der Waals surface area contributed by atoms with Gasteiger partial charge >= 0.3 is 0 Å². The Bertz CT molecular complexity index is 383. The lowest BCUT2D eigenvalue weighted by Crippen LogP contribution is -1.93. The first-order valence-electron chi connectivity index (χ1n) is 4.17. The Morgan fingerprint density at radius 1 is 1.38 bits per heavy atom. The highest BCUT2D eigenvalue weighted by molar-refractivity contribution is 5.73. The van der Waals surface area contributed by atoms with Gasteiger partial charge in [0.1, 0.15) is 5.75 Å². The molecular weight excluding hydrogens is 166 g/mol. The maximum absolute atomic E-state index is 10.5. The minimum Gasteiger partial charge on any atom is -0.506 e. The Morgan fingerprint density at radius 3 is 3.00 bits per heavy atom. The zero-order chi connectivity index (χ0) is 9.26. The van der Waals surface area contributed by atoms with E-state index < -0.39 is 0 Å². The van der Waals surface area contributed by atoms with Gasteiger partial charge in [0.25, 0.3) is 0 Å². The molecule has 0 fully saturated rings. The molecule has 1 aliphatic carbocycles. The molecule has 0 saturated carbocycles. The first kappa shape index (κ1) is 7.98. The minimum absolute atomic E-state index is 0.0414. The third-order valence-corrected chi connectivity index (χ3v) is 2.24. The highest BCUT2D eigenvalue weighted by Crippen LogP contribution is 2.35. The molecular formula is C10H9NO2. The quantitative estimate of drug-likeness (QED) is 0.667. The highest BCUT2D eigenvalue weighted by Gasteiger charge is 2.13. The molecule has 0 unspecified atom stereocenters. The molecule has 1 aliphatic rings. The standard InChI is InChI=1S/C10H9NO2/c12-9-6-5-7-3-1-2-4-8(7)10(9)11-13/h2,4-6,12H,1,3H2. The number of hydrogen-bond acceptors (Lipinski definition) is 3. The van der Waals surface area contributed by atoms with E-state index in [-0.39, 0.29) is 11.4 Å². The van der Waals surface area contributed by atoms with Crippen LogP contribution >= 0.6 is 0 Å². The van der Waals surface area contributed by atoms with Crippen LogP contribution in [0.2, 0.25) is 0 Å². The third-order valence-electron chi connectivity index (χ3n) is 2.24. The molecule has 0 aliphatic heterocycles. The molecule has 3 nitrogen and oxygen atoms in total. The number of hydrogen-bond donors (Lipinski definition) is 1. The largest absolute Gasteiger partial charge is 0.506 e. The van der Waals surface area contributed by atoms with Gasteiger partial charge in [-0.1, -0.05) is 18.2 Å². The average molecular weight is 175 g/mol. The number of phenolic OH excluding ortho intramolecular Hbond substituents is 1. The summed E-state index contributed by atoms with van der Waals surface area (Å²) < 4.78 is 0. The second-order valence-electron chi connectivity index (χ2n) is 3.04. The number of aromatic hydroxyl groups is 1. The van der Waals surface area contributed by atoms with Crippen molar-refractivity contribution in [3.05, 3.63) is 34.2 Å². The Labute approximate surface area is 75.7 Å². The van der Waals surface area contributed by atoms with Crippen molar-refractivity contribution in [3.8, 4) is 5.75 Å². The van der Waals surface area contributed by atoms with E-state index in [1.807, 2.05) is 18.2 Å². The molecule has 0 bridgehead atoms. The molecule has 0 spiro atoms. The maximum Gasteiger partial charge on any atom is 0.157 e. The zero-order valence-corrected chi connectivity index (χ0v) is 7.03. The van der Waals surface area contributed by atoms with Crippen LogP contribution in [0.15, 0.2) is 23.4 Å². The van der Waals surface area contributed by atoms with E-state index in [4.69, 9.17) is 0 Å². The predicted molar refractivity (Wildman–Crippen MR) is 50.9 cm³/mol. The van der Waals surface area contributed by atoms with Gasteiger partial charge in [-0.05, 0) is 29.6 Å². The first-order chi connectivity index (χ1) is 6.33. The number of phenols is 1. The molecule has 0 aromatic heterocycles. The second kappa shape index (κ2) is 3.01. The Hall–Kier alpha value is -1.64. The lowest BCUT2D eigenvalue weighted by atomic mass is 9.96. The number of benzene rings is 1. The van der Waals surface area contributed by atoms with Gasteiger partial charge in [-0.15, -0.1) is 4.91 Å². The van der Waals surface area contributed by atoms with E-state index >= 15 is 0 Å². The van der Waals surface area contributed by atoms with E-state index in [0.717, 1.165) is 24.0 Å². The summed E-state index contributed by atoms with van der Waals surface area (Å²) in [5.41, 5.74) is 2.00. The van der Waals surface area contributed by atoms with Crippen LogP contribution in [-0.2, 0) is 6.42 Å². The van der Waals surface area contributed by atoms with Gasteiger partial charge in [0, 0.05) is 5.56 Å². The summed E-state index contributed by atoms with van der Waals surface area (Å²) in [7, 11) is 0. The molecule has 1 aromatic rings. The van der Waals surface area contributed by atoms with Gasteiger partial charge < -0.3 is 5.11 Å². The molecule has 0 atom stereocenters. The van der Waals surface area contributed by atoms with E-state index in [9.17, 15) is 10.0 Å². The SMILES string of the molecule is O=Nc1c(O)ccc2c1C=CCC2. The summed E-state index contributed by atoms with van der Waals surface area (Å²) >= 11 is 0. The summed E-state index contributed by atoms with van der Waals surface area (Å²) in [4.78, 5) is 10.5. The third kappa shape index (κ3) is 1.22. The summed E-state index contributed by atoms with van der Waals surface area (Å²) in [6, 6.07) is 3.36. The number of nitrogens with zero attached hydrogens (tertiary/aromatic N) is 1. The molecule has 1 N–H and O–H groups in total. The Balaban J connectivity index is 2.67. The fourth-order valence-corrected chi connectivity index (χ4v) is 1.58. The van der Waals surface area contributed by atoms with Crippen molar-refractivity contribution in [1.29, 1.82) is 0 Å². The molecule has 66 valence electrons. The molecule has 13 heavy (non-hydrogen) atoms. The lowest BCUT2D eigenvalue weighted by Gasteiger charge is -2.11. The number of allylic oxidation sites excluding steroid dienone is 1. The van der Waals surface area contributed by atoms with Gasteiger partial charge in [-0.3, -0.25) is 0 Å². The van der Waals surface area contributed by atoms with E-state index in [1.165, 1.54) is 6.07 Å². The molecule has 2 rings (SSSR count). The van der Waals surface area contributed by atoms with Gasteiger partial charge in [-0.2, -0.15) is 0 Å². The highest BCUT2D eigenvalue weighted by atomic mass is 16.3. The van der Waals surface area contributed by atoms with Crippen LogP contribution in [-0.4, -0.2) is 5.11 Å². The zero-order valence-electron chi connectivity index (χ0n) is 7.03. The number of aryl methyl sites for hydroxylation is 1. The van der Waals surface area contributed by atoms with Crippen LogP contribution in [0.3, 0.4) is 0 Å². The van der Waals surface area contributed by atoms with Gasteiger partial charge in [0.15, 0.2) is 5.69 Å². The number of rotatable bonds is 1. The molecule has 0 radical (unpaired) electrons. The van der Waals surface area contributed by atoms with Crippen LogP contribution in [0.4, 0.5) is 5.69 Å². The smallest absolute Gasteiger partial charge is 0.157 e. The van der Waals surface area contributed by atoms with Crippen molar-refractivity contribution in [3.63, 3.8) is 0 Å². The molecule has 0 amide bonds. The van der Waals surface area contributed by atoms with Crippen LogP contribution in [0.1, 0.15) is 17.5 Å². The van der Waals surface area contributed by atoms with E-state index in [1.54, 1.807) is 0 Å². The topological polar surface area (TPSA) is 49.7 Å². The van der Waals surface area contributed by atoms with Crippen LogP contribution in [0.5, 0.6) is 5.75 Å². The lowest BCUT2D eigenvalue weighted by molar-refractivity contribution is 0.476. The van der Waals surface area contributed by atoms with Crippen molar-refractivity contribution in [2.24, 2.45) is 5.18 Å². The fraction of sp³-hybridized carbons (Fsp3) is 0.200. The van der Waals surface area contributed by atoms with Crippen LogP contribution in [0, 0.1) is 4.91 Å². The van der Waals surface area contributed by atoms with Crippen molar-refractivity contribution in [2.75, 3.05) is 0 Å². The monoisotopic (exact) mass is 175 g/mol. The van der Waals surface area contributed by atoms with Gasteiger partial charge in [0.2, 0.25) is 0 Å². The number of fused-ring (bicyclic) bond motifs is 1. The van der Waals surface area contributed by atoms with Gasteiger partial charge in [0.05, 0.1) is 0 Å². The van der Waals surface area contributed by atoms with Crippen molar-refractivity contribution in [2.45, 2.75) is 12.8 Å². The summed E-state index contributed by atoms with van der Waals surface area (Å²) in [6.45, 7) is 0. The predicted octanol–water partition coefficient (Wildman–Crippen LogP) is 2.75. The van der Waals surface area contributed by atoms with Crippen molar-refractivity contribution in [1.82, 2.24) is 0 Å².